The van der Waals surface area contributed by atoms with E-state index >= 15 is 0 Å². The lowest BCUT2D eigenvalue weighted by Crippen LogP contribution is -2.22. The van der Waals surface area contributed by atoms with Crippen LogP contribution in [0.5, 0.6) is 0 Å². The van der Waals surface area contributed by atoms with E-state index < -0.39 is 0 Å². The monoisotopic (exact) mass is 337 g/mol. The molecule has 3 rings (SSSR count). The molecule has 0 aliphatic carbocycles. The Balaban J connectivity index is 2.12. The summed E-state index contributed by atoms with van der Waals surface area (Å²) in [5, 5.41) is 2.78. The fraction of sp³-hybridized carbons (Fsp3) is 0.0952. The summed E-state index contributed by atoms with van der Waals surface area (Å²) in [6.45, 7) is 2.37. The van der Waals surface area contributed by atoms with E-state index in [0.717, 1.165) is 22.3 Å². The van der Waals surface area contributed by atoms with Crippen molar-refractivity contribution in [1.29, 1.82) is 0 Å². The first-order valence-corrected chi connectivity index (χ1v) is 8.02. The first kappa shape index (κ1) is 16.8. The molecule has 0 fully saturated rings. The van der Waals surface area contributed by atoms with Crippen LogP contribution in [0.3, 0.4) is 0 Å². The first-order valence-electron chi connectivity index (χ1n) is 8.02. The third-order valence-corrected chi connectivity index (χ3v) is 3.89. The predicted octanol–water partition coefficient (Wildman–Crippen LogP) is 5.05. The van der Waals surface area contributed by atoms with Crippen molar-refractivity contribution >= 4 is 5.91 Å². The van der Waals surface area contributed by atoms with Gasteiger partial charge in [-0.1, -0.05) is 24.3 Å². The van der Waals surface area contributed by atoms with E-state index in [1.165, 1.54) is 24.3 Å². The van der Waals surface area contributed by atoms with Crippen molar-refractivity contribution in [1.82, 2.24) is 5.32 Å². The minimum atomic E-state index is -0.317. The van der Waals surface area contributed by atoms with Gasteiger partial charge in [0.1, 0.15) is 11.6 Å². The molecule has 3 aromatic carbocycles. The lowest BCUT2D eigenvalue weighted by molar-refractivity contribution is 0.0956. The number of benzene rings is 3. The topological polar surface area (TPSA) is 29.1 Å². The Kier molecular flexibility index (Phi) is 4.89. The van der Waals surface area contributed by atoms with E-state index in [9.17, 15) is 13.6 Å². The molecule has 3 aromatic rings. The van der Waals surface area contributed by atoms with Crippen LogP contribution in [0.4, 0.5) is 8.78 Å². The summed E-state index contributed by atoms with van der Waals surface area (Å²) < 4.78 is 26.4. The summed E-state index contributed by atoms with van der Waals surface area (Å²) in [5.74, 6) is -0.820. The molecule has 0 saturated heterocycles. The van der Waals surface area contributed by atoms with Gasteiger partial charge in [0.2, 0.25) is 0 Å². The summed E-state index contributed by atoms with van der Waals surface area (Å²) in [6.07, 6.45) is 0. The molecular weight excluding hydrogens is 320 g/mol. The highest BCUT2D eigenvalue weighted by atomic mass is 19.1. The minimum absolute atomic E-state index is 0.185. The van der Waals surface area contributed by atoms with Crippen LogP contribution >= 0.6 is 0 Å². The standard InChI is InChI=1S/C21H17F2NO/c1-2-24-21(25)18-12-16(14-3-7-19(22)8-4-14)11-17(13-18)15-5-9-20(23)10-6-15/h3-13H,2H2,1H3,(H,24,25). The molecule has 4 heteroatoms. The van der Waals surface area contributed by atoms with Crippen LogP contribution in [0.2, 0.25) is 0 Å². The summed E-state index contributed by atoms with van der Waals surface area (Å²) in [7, 11) is 0. The van der Waals surface area contributed by atoms with Crippen LogP contribution in [0.1, 0.15) is 17.3 Å². The van der Waals surface area contributed by atoms with E-state index in [-0.39, 0.29) is 17.5 Å². The fourth-order valence-electron chi connectivity index (χ4n) is 2.64. The second kappa shape index (κ2) is 7.26. The van der Waals surface area contributed by atoms with Crippen LogP contribution in [-0.4, -0.2) is 12.5 Å². The normalized spacial score (nSPS) is 10.5. The van der Waals surface area contributed by atoms with Gasteiger partial charge in [-0.25, -0.2) is 8.78 Å². The summed E-state index contributed by atoms with van der Waals surface area (Å²) in [4.78, 5) is 12.3. The molecule has 1 N–H and O–H groups in total. The molecule has 0 unspecified atom stereocenters. The largest absolute Gasteiger partial charge is 0.352 e. The molecule has 0 saturated carbocycles. The van der Waals surface area contributed by atoms with Gasteiger partial charge in [0.05, 0.1) is 0 Å². The number of carbonyl (C=O) groups excluding carboxylic acids is 1. The van der Waals surface area contributed by atoms with Crippen molar-refractivity contribution in [3.8, 4) is 22.3 Å². The number of rotatable bonds is 4. The zero-order valence-corrected chi connectivity index (χ0v) is 13.7. The smallest absolute Gasteiger partial charge is 0.251 e. The van der Waals surface area contributed by atoms with Crippen LogP contribution in [0.15, 0.2) is 66.7 Å². The number of nitrogens with one attached hydrogen (secondary N) is 1. The second-order valence-electron chi connectivity index (χ2n) is 5.67. The Labute approximate surface area is 145 Å². The Hall–Kier alpha value is -3.01. The molecule has 0 aliphatic heterocycles. The Morgan fingerprint density at radius 3 is 1.60 bits per heavy atom. The molecule has 0 aromatic heterocycles. The molecule has 0 bridgehead atoms. The molecule has 126 valence electrons. The van der Waals surface area contributed by atoms with Gasteiger partial charge in [-0.15, -0.1) is 0 Å². The molecule has 2 nitrogen and oxygen atoms in total. The van der Waals surface area contributed by atoms with E-state index in [2.05, 4.69) is 5.32 Å². The van der Waals surface area contributed by atoms with Crippen molar-refractivity contribution in [3.05, 3.63) is 83.9 Å². The highest BCUT2D eigenvalue weighted by Crippen LogP contribution is 2.29. The number of hydrogen-bond donors (Lipinski definition) is 1. The van der Waals surface area contributed by atoms with Gasteiger partial charge in [0.15, 0.2) is 0 Å². The van der Waals surface area contributed by atoms with E-state index in [1.54, 1.807) is 36.4 Å². The van der Waals surface area contributed by atoms with E-state index in [4.69, 9.17) is 0 Å². The van der Waals surface area contributed by atoms with Gasteiger partial charge >= 0.3 is 0 Å². The lowest BCUT2D eigenvalue weighted by Gasteiger charge is -2.11. The fourth-order valence-corrected chi connectivity index (χ4v) is 2.64. The summed E-state index contributed by atoms with van der Waals surface area (Å²) in [6, 6.07) is 17.6. The molecule has 0 heterocycles. The SMILES string of the molecule is CCNC(=O)c1cc(-c2ccc(F)cc2)cc(-c2ccc(F)cc2)c1. The third-order valence-electron chi connectivity index (χ3n) is 3.89. The summed E-state index contributed by atoms with van der Waals surface area (Å²) >= 11 is 0. The van der Waals surface area contributed by atoms with Crippen LogP contribution in [-0.2, 0) is 0 Å². The average molecular weight is 337 g/mol. The lowest BCUT2D eigenvalue weighted by atomic mass is 9.96. The van der Waals surface area contributed by atoms with E-state index in [0.29, 0.717) is 12.1 Å². The van der Waals surface area contributed by atoms with Crippen molar-refractivity contribution in [2.75, 3.05) is 6.54 Å². The Bertz CT molecular complexity index is 823. The molecular formula is C21H17F2NO. The van der Waals surface area contributed by atoms with Crippen LogP contribution in [0.25, 0.3) is 22.3 Å². The molecule has 0 spiro atoms. The zero-order chi connectivity index (χ0) is 17.8. The molecule has 0 radical (unpaired) electrons. The van der Waals surface area contributed by atoms with Gasteiger partial charge in [-0.2, -0.15) is 0 Å². The van der Waals surface area contributed by atoms with Crippen molar-refractivity contribution in [2.45, 2.75) is 6.92 Å². The van der Waals surface area contributed by atoms with Crippen LogP contribution in [0, 0.1) is 11.6 Å². The van der Waals surface area contributed by atoms with Crippen molar-refractivity contribution < 1.29 is 13.6 Å². The average Bonchev–Trinajstić information content (AvgIpc) is 2.63. The van der Waals surface area contributed by atoms with Gasteiger partial charge in [-0.05, 0) is 71.6 Å². The quantitative estimate of drug-likeness (QED) is 0.709. The van der Waals surface area contributed by atoms with Crippen LogP contribution < -0.4 is 5.32 Å². The highest BCUT2D eigenvalue weighted by molar-refractivity contribution is 5.97. The van der Waals surface area contributed by atoms with Crippen molar-refractivity contribution in [3.63, 3.8) is 0 Å². The zero-order valence-electron chi connectivity index (χ0n) is 13.7. The third kappa shape index (κ3) is 3.91. The van der Waals surface area contributed by atoms with E-state index in [1.807, 2.05) is 13.0 Å². The van der Waals surface area contributed by atoms with Gasteiger partial charge in [-0.3, -0.25) is 4.79 Å². The Morgan fingerprint density at radius 1 is 0.760 bits per heavy atom. The molecule has 0 atom stereocenters. The maximum absolute atomic E-state index is 13.2. The molecule has 0 aliphatic rings. The van der Waals surface area contributed by atoms with Crippen molar-refractivity contribution in [2.24, 2.45) is 0 Å². The van der Waals surface area contributed by atoms with Gasteiger partial charge < -0.3 is 5.32 Å². The highest BCUT2D eigenvalue weighted by Gasteiger charge is 2.11. The maximum atomic E-state index is 13.2. The Morgan fingerprint density at radius 2 is 1.20 bits per heavy atom. The van der Waals surface area contributed by atoms with Gasteiger partial charge in [0, 0.05) is 12.1 Å². The number of halogens is 2. The minimum Gasteiger partial charge on any atom is -0.352 e. The second-order valence-corrected chi connectivity index (χ2v) is 5.67. The summed E-state index contributed by atoms with van der Waals surface area (Å²) in [5.41, 5.74) is 3.70. The molecule has 1 amide bonds. The van der Waals surface area contributed by atoms with Gasteiger partial charge in [0.25, 0.3) is 5.91 Å². The number of hydrogen-bond acceptors (Lipinski definition) is 1. The number of carbonyl (C=O) groups is 1. The first-order chi connectivity index (χ1) is 12.1. The number of amides is 1. The predicted molar refractivity (Wildman–Crippen MR) is 95.2 cm³/mol. The maximum Gasteiger partial charge on any atom is 0.251 e. The molecule has 25 heavy (non-hydrogen) atoms.